The zero-order valence-corrected chi connectivity index (χ0v) is 11.9. The minimum atomic E-state index is -3.63. The predicted octanol–water partition coefficient (Wildman–Crippen LogP) is 1.71. The molecule has 112 valence electrons. The zero-order chi connectivity index (χ0) is 15.5. The van der Waals surface area contributed by atoms with E-state index in [1.54, 1.807) is 18.2 Å². The first-order valence-electron chi connectivity index (χ1n) is 5.93. The number of nitrogens with one attached hydrogen (secondary N) is 2. The molecule has 0 aliphatic carbocycles. The number of benzene rings is 1. The molecule has 0 atom stereocenters. The number of nitro benzene ring substituents is 1. The van der Waals surface area contributed by atoms with E-state index in [0.29, 0.717) is 11.4 Å². The van der Waals surface area contributed by atoms with Crippen molar-refractivity contribution in [3.05, 3.63) is 52.3 Å². The molecule has 1 aromatic heterocycles. The molecule has 21 heavy (non-hydrogen) atoms. The zero-order valence-electron chi connectivity index (χ0n) is 11.1. The maximum absolute atomic E-state index is 11.5. The van der Waals surface area contributed by atoms with E-state index in [-0.39, 0.29) is 17.3 Å². The molecule has 9 heteroatoms. The lowest BCUT2D eigenvalue weighted by molar-refractivity contribution is -0.384. The second-order valence-electron chi connectivity index (χ2n) is 4.06. The number of sulfonamides is 1. The first-order valence-corrected chi connectivity index (χ1v) is 7.42. The Labute approximate surface area is 121 Å². The number of nitro groups is 1. The average Bonchev–Trinajstić information content (AvgIpc) is 2.95. The van der Waals surface area contributed by atoms with Gasteiger partial charge in [0, 0.05) is 6.07 Å². The third-order valence-corrected chi connectivity index (χ3v) is 4.01. The third kappa shape index (κ3) is 3.38. The number of para-hydroxylation sites is 2. The minimum Gasteiger partial charge on any atom is -0.446 e. The molecule has 0 radical (unpaired) electrons. The topological polar surface area (TPSA) is 114 Å². The van der Waals surface area contributed by atoms with Gasteiger partial charge < -0.3 is 9.73 Å². The van der Waals surface area contributed by atoms with E-state index in [4.69, 9.17) is 4.42 Å². The summed E-state index contributed by atoms with van der Waals surface area (Å²) in [6.07, 6.45) is 0. The summed E-state index contributed by atoms with van der Waals surface area (Å²) in [5, 5.41) is 13.5. The van der Waals surface area contributed by atoms with Crippen LogP contribution in [-0.4, -0.2) is 20.4 Å². The number of anilines is 1. The molecule has 0 amide bonds. The number of hydrogen-bond donors (Lipinski definition) is 2. The maximum atomic E-state index is 11.5. The average molecular weight is 311 g/mol. The van der Waals surface area contributed by atoms with Gasteiger partial charge in [0.25, 0.3) is 15.7 Å². The Bertz CT molecular complexity index is 754. The molecule has 0 unspecified atom stereocenters. The molecule has 0 saturated heterocycles. The normalized spacial score (nSPS) is 11.3. The molecular weight excluding hydrogens is 298 g/mol. The van der Waals surface area contributed by atoms with E-state index >= 15 is 0 Å². The SMILES string of the molecule is CNS(=O)(=O)c1ccc(CNc2ccccc2[N+](=O)[O-])o1. The Hall–Kier alpha value is -2.39. The quantitative estimate of drug-likeness (QED) is 0.620. The fourth-order valence-electron chi connectivity index (χ4n) is 1.66. The monoisotopic (exact) mass is 311 g/mol. The van der Waals surface area contributed by atoms with Crippen LogP contribution in [0.3, 0.4) is 0 Å². The van der Waals surface area contributed by atoms with Crippen molar-refractivity contribution in [2.24, 2.45) is 0 Å². The second-order valence-corrected chi connectivity index (χ2v) is 5.87. The smallest absolute Gasteiger partial charge is 0.292 e. The molecule has 1 heterocycles. The van der Waals surface area contributed by atoms with Crippen LogP contribution in [0.1, 0.15) is 5.76 Å². The molecule has 2 aromatic rings. The van der Waals surface area contributed by atoms with Gasteiger partial charge in [0.1, 0.15) is 11.4 Å². The number of furan rings is 1. The van der Waals surface area contributed by atoms with Crippen LogP contribution in [0, 0.1) is 10.1 Å². The summed E-state index contributed by atoms with van der Waals surface area (Å²) in [7, 11) is -2.35. The summed E-state index contributed by atoms with van der Waals surface area (Å²) in [6.45, 7) is 0.129. The van der Waals surface area contributed by atoms with E-state index in [2.05, 4.69) is 10.0 Å². The van der Waals surface area contributed by atoms with Crippen LogP contribution in [-0.2, 0) is 16.6 Å². The van der Waals surface area contributed by atoms with Gasteiger partial charge in [0.2, 0.25) is 5.09 Å². The molecule has 1 aromatic carbocycles. The molecule has 0 saturated carbocycles. The molecule has 0 fully saturated rings. The van der Waals surface area contributed by atoms with Crippen molar-refractivity contribution < 1.29 is 17.8 Å². The summed E-state index contributed by atoms with van der Waals surface area (Å²) in [5.41, 5.74) is 0.268. The van der Waals surface area contributed by atoms with E-state index in [9.17, 15) is 18.5 Å². The van der Waals surface area contributed by atoms with Gasteiger partial charge in [0.05, 0.1) is 11.5 Å². The van der Waals surface area contributed by atoms with Crippen LogP contribution in [0.4, 0.5) is 11.4 Å². The number of nitrogens with zero attached hydrogens (tertiary/aromatic N) is 1. The highest BCUT2D eigenvalue weighted by Gasteiger charge is 2.17. The van der Waals surface area contributed by atoms with E-state index in [0.717, 1.165) is 0 Å². The van der Waals surface area contributed by atoms with Crippen LogP contribution in [0.5, 0.6) is 0 Å². The van der Waals surface area contributed by atoms with Crippen LogP contribution in [0.25, 0.3) is 0 Å². The summed E-state index contributed by atoms with van der Waals surface area (Å²) in [4.78, 5) is 10.4. The molecule has 0 aliphatic heterocycles. The highest BCUT2D eigenvalue weighted by atomic mass is 32.2. The maximum Gasteiger partial charge on any atom is 0.292 e. The fourth-order valence-corrected chi connectivity index (χ4v) is 2.33. The van der Waals surface area contributed by atoms with Crippen LogP contribution < -0.4 is 10.0 Å². The molecule has 0 aliphatic rings. The lowest BCUT2D eigenvalue weighted by Gasteiger charge is -2.05. The van der Waals surface area contributed by atoms with Crippen molar-refractivity contribution in [2.45, 2.75) is 11.6 Å². The largest absolute Gasteiger partial charge is 0.446 e. The van der Waals surface area contributed by atoms with E-state index in [1.807, 2.05) is 0 Å². The third-order valence-electron chi connectivity index (χ3n) is 2.72. The van der Waals surface area contributed by atoms with Gasteiger partial charge in [0.15, 0.2) is 0 Å². The lowest BCUT2D eigenvalue weighted by Crippen LogP contribution is -2.17. The standard InChI is InChI=1S/C12H13N3O5S/c1-13-21(18,19)12-7-6-9(20-12)8-14-10-4-2-3-5-11(10)15(16)17/h2-7,13-14H,8H2,1H3. The van der Waals surface area contributed by atoms with Crippen molar-refractivity contribution in [3.63, 3.8) is 0 Å². The Morgan fingerprint density at radius 3 is 2.62 bits per heavy atom. The minimum absolute atomic E-state index is 0.0628. The van der Waals surface area contributed by atoms with Gasteiger partial charge in [-0.1, -0.05) is 12.1 Å². The van der Waals surface area contributed by atoms with Crippen molar-refractivity contribution in [3.8, 4) is 0 Å². The van der Waals surface area contributed by atoms with E-state index < -0.39 is 14.9 Å². The molecular formula is C12H13N3O5S. The summed E-state index contributed by atoms with van der Waals surface area (Å²) in [6, 6.07) is 8.98. The van der Waals surface area contributed by atoms with Gasteiger partial charge >= 0.3 is 0 Å². The summed E-state index contributed by atoms with van der Waals surface area (Å²) < 4.78 is 30.4. The van der Waals surface area contributed by atoms with Gasteiger partial charge in [-0.2, -0.15) is 0 Å². The lowest BCUT2D eigenvalue weighted by atomic mass is 10.2. The predicted molar refractivity (Wildman–Crippen MR) is 75.4 cm³/mol. The summed E-state index contributed by atoms with van der Waals surface area (Å²) >= 11 is 0. The Balaban J connectivity index is 2.13. The Kier molecular flexibility index (Phi) is 4.24. The van der Waals surface area contributed by atoms with E-state index in [1.165, 1.54) is 25.2 Å². The van der Waals surface area contributed by atoms with Crippen molar-refractivity contribution >= 4 is 21.4 Å². The van der Waals surface area contributed by atoms with Crippen LogP contribution in [0.15, 0.2) is 45.9 Å². The first kappa shape index (κ1) is 15.0. The van der Waals surface area contributed by atoms with Crippen molar-refractivity contribution in [1.29, 1.82) is 0 Å². The fraction of sp³-hybridized carbons (Fsp3) is 0.167. The van der Waals surface area contributed by atoms with Crippen LogP contribution in [0.2, 0.25) is 0 Å². The molecule has 2 rings (SSSR count). The summed E-state index contributed by atoms with van der Waals surface area (Å²) in [5.74, 6) is 0.349. The molecule has 0 spiro atoms. The molecule has 0 bridgehead atoms. The molecule has 8 nitrogen and oxygen atoms in total. The number of rotatable bonds is 6. The second kappa shape index (κ2) is 5.94. The van der Waals surface area contributed by atoms with Gasteiger partial charge in [-0.15, -0.1) is 0 Å². The molecule has 2 N–H and O–H groups in total. The Morgan fingerprint density at radius 1 is 1.24 bits per heavy atom. The first-order chi connectivity index (χ1) is 9.94. The highest BCUT2D eigenvalue weighted by molar-refractivity contribution is 7.89. The van der Waals surface area contributed by atoms with Gasteiger partial charge in [-0.3, -0.25) is 10.1 Å². The van der Waals surface area contributed by atoms with Crippen LogP contribution >= 0.6 is 0 Å². The van der Waals surface area contributed by atoms with Crippen molar-refractivity contribution in [2.75, 3.05) is 12.4 Å². The number of hydrogen-bond acceptors (Lipinski definition) is 6. The van der Waals surface area contributed by atoms with Crippen molar-refractivity contribution in [1.82, 2.24) is 4.72 Å². The van der Waals surface area contributed by atoms with Gasteiger partial charge in [-0.05, 0) is 25.2 Å². The Morgan fingerprint density at radius 2 is 1.95 bits per heavy atom. The van der Waals surface area contributed by atoms with Gasteiger partial charge in [-0.25, -0.2) is 13.1 Å². The highest BCUT2D eigenvalue weighted by Crippen LogP contribution is 2.24.